The van der Waals surface area contributed by atoms with Crippen LogP contribution in [0.3, 0.4) is 0 Å². The summed E-state index contributed by atoms with van der Waals surface area (Å²) in [6.07, 6.45) is -1.12. The van der Waals surface area contributed by atoms with Crippen molar-refractivity contribution in [3.8, 4) is 11.5 Å². The molecule has 0 saturated heterocycles. The highest BCUT2D eigenvalue weighted by Gasteiger charge is 2.19. The number of hydrogen-bond acceptors (Lipinski definition) is 12. The number of halogens is 1. The highest BCUT2D eigenvalue weighted by atomic mass is 35.5. The Labute approximate surface area is 346 Å². The molecule has 15 heteroatoms. The molecule has 2 atom stereocenters. The van der Waals surface area contributed by atoms with Crippen LogP contribution in [0.2, 0.25) is 5.02 Å². The van der Waals surface area contributed by atoms with Gasteiger partial charge >= 0.3 is 11.9 Å². The number of aromatic nitrogens is 1. The molecule has 308 valence electrons. The largest absolute Gasteiger partial charge is 0.487 e. The van der Waals surface area contributed by atoms with E-state index in [2.05, 4.69) is 15.3 Å². The van der Waals surface area contributed by atoms with Gasteiger partial charge in [0.25, 0.3) is 0 Å². The smallest absolute Gasteiger partial charge is 0.333 e. The van der Waals surface area contributed by atoms with Gasteiger partial charge < -0.3 is 38.8 Å². The molecular weight excluding hydrogens is 786 g/mol. The molecule has 4 aromatic carbocycles. The number of oxime groups is 2. The molecule has 0 radical (unpaired) electrons. The van der Waals surface area contributed by atoms with E-state index in [1.165, 1.54) is 11.3 Å². The standard InChI is InChI=1S/C22H24N2O5S.C21H24ClNO5/c1-3-27-19(22(25)26)13-15-9-11-16(12-10-15)28-14-18(24-29-4-2)21-23-17-7-5-6-8-20(17)30-21;1-3-26-20(21(24)25)13-15-5-11-18(12-6-15)27-14-19(23-28-4-2)16-7-9-17(22)10-8-16/h5-12,19H,3-4,13-14H2,1-2H3,(H,25,26);5-12,20H,3-4,13-14H2,1-2H3,(H,24,25). The zero-order valence-corrected chi connectivity index (χ0v) is 34.4. The second kappa shape index (κ2) is 24.3. The summed E-state index contributed by atoms with van der Waals surface area (Å²) in [6, 6.07) is 29.7. The maximum Gasteiger partial charge on any atom is 0.333 e. The summed E-state index contributed by atoms with van der Waals surface area (Å²) >= 11 is 7.47. The zero-order valence-electron chi connectivity index (χ0n) is 32.8. The normalized spacial score (nSPS) is 12.6. The molecule has 0 fully saturated rings. The average Bonchev–Trinajstić information content (AvgIpc) is 3.66. The molecule has 2 N–H and O–H groups in total. The summed E-state index contributed by atoms with van der Waals surface area (Å²) in [6.45, 7) is 9.31. The summed E-state index contributed by atoms with van der Waals surface area (Å²) < 4.78 is 23.3. The number of hydrogen-bond donors (Lipinski definition) is 2. The van der Waals surface area contributed by atoms with E-state index in [0.29, 0.717) is 67.2 Å². The second-order valence-electron chi connectivity index (χ2n) is 12.2. The minimum absolute atomic E-state index is 0.204. The number of fused-ring (bicyclic) bond motifs is 1. The third-order valence-electron chi connectivity index (χ3n) is 8.05. The molecule has 5 aromatic rings. The number of benzene rings is 4. The number of carboxylic acid groups (broad SMARTS) is 2. The lowest BCUT2D eigenvalue weighted by Crippen LogP contribution is -2.26. The van der Waals surface area contributed by atoms with Crippen LogP contribution in [0.15, 0.2) is 107 Å². The first-order valence-electron chi connectivity index (χ1n) is 18.8. The van der Waals surface area contributed by atoms with Crippen molar-refractivity contribution < 1.29 is 48.4 Å². The van der Waals surface area contributed by atoms with Gasteiger partial charge in [-0.15, -0.1) is 11.3 Å². The van der Waals surface area contributed by atoms with Crippen molar-refractivity contribution in [2.45, 2.75) is 52.7 Å². The van der Waals surface area contributed by atoms with Crippen LogP contribution >= 0.6 is 22.9 Å². The third-order valence-corrected chi connectivity index (χ3v) is 9.39. The molecule has 58 heavy (non-hydrogen) atoms. The van der Waals surface area contributed by atoms with Gasteiger partial charge in [0.05, 0.1) is 10.2 Å². The molecule has 1 heterocycles. The topological polar surface area (TPSA) is 168 Å². The lowest BCUT2D eigenvalue weighted by atomic mass is 10.1. The number of aliphatic carboxylic acids is 2. The van der Waals surface area contributed by atoms with Gasteiger partial charge in [-0.25, -0.2) is 14.6 Å². The fourth-order valence-electron chi connectivity index (χ4n) is 5.22. The van der Waals surface area contributed by atoms with Crippen molar-refractivity contribution >= 4 is 56.5 Å². The summed E-state index contributed by atoms with van der Waals surface area (Å²) in [4.78, 5) is 37.5. The number of nitrogens with zero attached hydrogens (tertiary/aromatic N) is 3. The molecule has 0 bridgehead atoms. The van der Waals surface area contributed by atoms with Crippen molar-refractivity contribution in [3.05, 3.63) is 124 Å². The Morgan fingerprint density at radius 3 is 1.60 bits per heavy atom. The third kappa shape index (κ3) is 14.8. The highest BCUT2D eigenvalue weighted by molar-refractivity contribution is 7.20. The van der Waals surface area contributed by atoms with Gasteiger partial charge in [-0.1, -0.05) is 70.4 Å². The summed E-state index contributed by atoms with van der Waals surface area (Å²) in [5.74, 6) is -0.649. The van der Waals surface area contributed by atoms with E-state index in [1.54, 1.807) is 50.2 Å². The van der Waals surface area contributed by atoms with E-state index in [9.17, 15) is 19.8 Å². The van der Waals surface area contributed by atoms with Gasteiger partial charge in [0.15, 0.2) is 17.9 Å². The fraction of sp³-hybridized carbons (Fsp3) is 0.326. The van der Waals surface area contributed by atoms with Crippen molar-refractivity contribution in [3.63, 3.8) is 0 Å². The van der Waals surface area contributed by atoms with Crippen LogP contribution in [0.1, 0.15) is 49.4 Å². The quantitative estimate of drug-likeness (QED) is 0.0508. The van der Waals surface area contributed by atoms with Crippen LogP contribution in [0, 0.1) is 0 Å². The molecule has 0 spiro atoms. The van der Waals surface area contributed by atoms with Gasteiger partial charge in [0.2, 0.25) is 0 Å². The molecule has 5 rings (SSSR count). The average molecular weight is 834 g/mol. The summed E-state index contributed by atoms with van der Waals surface area (Å²) in [7, 11) is 0. The maximum absolute atomic E-state index is 11.2. The summed E-state index contributed by atoms with van der Waals surface area (Å²) in [5.41, 5.74) is 4.74. The minimum Gasteiger partial charge on any atom is -0.487 e. The number of carbonyl (C=O) groups is 2. The molecule has 0 amide bonds. The lowest BCUT2D eigenvalue weighted by molar-refractivity contribution is -0.150. The lowest BCUT2D eigenvalue weighted by Gasteiger charge is -2.13. The maximum atomic E-state index is 11.2. The highest BCUT2D eigenvalue weighted by Crippen LogP contribution is 2.23. The molecule has 0 saturated carbocycles. The Balaban J connectivity index is 0.000000257. The predicted molar refractivity (Wildman–Crippen MR) is 225 cm³/mol. The molecule has 0 aliphatic heterocycles. The molecule has 1 aromatic heterocycles. The SMILES string of the molecule is CCON=C(COc1ccc(CC(OCC)C(=O)O)cc1)c1ccc(Cl)cc1.CCON=C(COc1ccc(CC(OCC)C(=O)O)cc1)c1nc2ccccc2s1. The van der Waals surface area contributed by atoms with Gasteiger partial charge in [-0.3, -0.25) is 0 Å². The first kappa shape index (κ1) is 45.2. The molecule has 2 unspecified atom stereocenters. The van der Waals surface area contributed by atoms with Gasteiger partial charge in [0.1, 0.15) is 48.6 Å². The molecular formula is C43H48ClN3O10S. The Morgan fingerprint density at radius 2 is 1.14 bits per heavy atom. The van der Waals surface area contributed by atoms with Crippen LogP contribution in [0.25, 0.3) is 10.2 Å². The molecule has 13 nitrogen and oxygen atoms in total. The van der Waals surface area contributed by atoms with Gasteiger partial charge in [-0.2, -0.15) is 0 Å². The van der Waals surface area contributed by atoms with E-state index < -0.39 is 24.1 Å². The Hall–Kier alpha value is -5.54. The van der Waals surface area contributed by atoms with Crippen LogP contribution in [0.4, 0.5) is 0 Å². The van der Waals surface area contributed by atoms with E-state index in [-0.39, 0.29) is 13.2 Å². The minimum atomic E-state index is -0.970. The van der Waals surface area contributed by atoms with Crippen molar-refractivity contribution in [1.82, 2.24) is 4.98 Å². The van der Waals surface area contributed by atoms with Crippen molar-refractivity contribution in [1.29, 1.82) is 0 Å². The first-order chi connectivity index (χ1) is 28.1. The van der Waals surface area contributed by atoms with Crippen LogP contribution in [-0.4, -0.2) is 90.4 Å². The van der Waals surface area contributed by atoms with Gasteiger partial charge in [-0.05, 0) is 87.4 Å². The monoisotopic (exact) mass is 833 g/mol. The van der Waals surface area contributed by atoms with Crippen LogP contribution < -0.4 is 9.47 Å². The van der Waals surface area contributed by atoms with Crippen LogP contribution in [0.5, 0.6) is 11.5 Å². The predicted octanol–water partition coefficient (Wildman–Crippen LogP) is 8.34. The van der Waals surface area contributed by atoms with Crippen molar-refractivity contribution in [2.75, 3.05) is 39.6 Å². The Morgan fingerprint density at radius 1 is 0.655 bits per heavy atom. The van der Waals surface area contributed by atoms with E-state index in [0.717, 1.165) is 31.9 Å². The number of ether oxygens (including phenoxy) is 4. The Kier molecular flexibility index (Phi) is 18.9. The van der Waals surface area contributed by atoms with Crippen molar-refractivity contribution in [2.24, 2.45) is 10.3 Å². The number of para-hydroxylation sites is 1. The molecule has 0 aliphatic carbocycles. The second-order valence-corrected chi connectivity index (χ2v) is 13.7. The van der Waals surface area contributed by atoms with E-state index in [4.69, 9.17) is 40.2 Å². The van der Waals surface area contributed by atoms with Gasteiger partial charge in [0, 0.05) is 36.6 Å². The number of carboxylic acids is 2. The molecule has 0 aliphatic rings. The number of rotatable bonds is 22. The van der Waals surface area contributed by atoms with Crippen LogP contribution in [-0.2, 0) is 41.6 Å². The van der Waals surface area contributed by atoms with E-state index >= 15 is 0 Å². The Bertz CT molecular complexity index is 2040. The number of thiazole rings is 1. The van der Waals surface area contributed by atoms with E-state index in [1.807, 2.05) is 74.5 Å². The summed E-state index contributed by atoms with van der Waals surface area (Å²) in [5, 5.41) is 28.1. The fourth-order valence-corrected chi connectivity index (χ4v) is 6.28. The first-order valence-corrected chi connectivity index (χ1v) is 19.9. The zero-order chi connectivity index (χ0) is 41.7.